The number of nitrogens with zero attached hydrogens (tertiary/aromatic N) is 1. The quantitative estimate of drug-likeness (QED) is 0.254. The van der Waals surface area contributed by atoms with Crippen molar-refractivity contribution >= 4 is 12.0 Å². The van der Waals surface area contributed by atoms with E-state index in [2.05, 4.69) is 39.9 Å². The van der Waals surface area contributed by atoms with Gasteiger partial charge in [0.15, 0.2) is 6.29 Å². The van der Waals surface area contributed by atoms with E-state index in [-0.39, 0.29) is 46.8 Å². The van der Waals surface area contributed by atoms with Crippen LogP contribution in [0.5, 0.6) is 0 Å². The average molecular weight is 687 g/mol. The van der Waals surface area contributed by atoms with Gasteiger partial charge in [0.25, 0.3) is 0 Å². The molecule has 2 amide bonds. The van der Waals surface area contributed by atoms with Gasteiger partial charge in [-0.05, 0) is 128 Å². The van der Waals surface area contributed by atoms with E-state index >= 15 is 0 Å². The zero-order chi connectivity index (χ0) is 35.0. The molecule has 9 nitrogen and oxygen atoms in total. The maximum Gasteiger partial charge on any atom is 0.406 e. The second kappa shape index (κ2) is 12.9. The number of ether oxygens (including phenoxy) is 4. The molecule has 0 radical (unpaired) electrons. The first-order chi connectivity index (χ1) is 23.3. The van der Waals surface area contributed by atoms with Crippen LogP contribution < -0.4 is 5.32 Å². The Bertz CT molecular complexity index is 1260. The second-order valence-corrected chi connectivity index (χ2v) is 18.8. The van der Waals surface area contributed by atoms with Gasteiger partial charge in [-0.15, -0.1) is 0 Å². The predicted molar refractivity (Wildman–Crippen MR) is 186 cm³/mol. The Morgan fingerprint density at radius 3 is 2.45 bits per heavy atom. The molecule has 0 bridgehead atoms. The van der Waals surface area contributed by atoms with Gasteiger partial charge in [0.05, 0.1) is 38.6 Å². The largest absolute Gasteiger partial charge is 0.453 e. The first-order valence-electron chi connectivity index (χ1n) is 19.8. The molecule has 0 aromatic carbocycles. The maximum atomic E-state index is 12.9. The predicted octanol–water partition coefficient (Wildman–Crippen LogP) is 6.55. The van der Waals surface area contributed by atoms with Crippen LogP contribution in [0.2, 0.25) is 0 Å². The number of aliphatic hydroxyl groups is 1. The number of carbonyl (C=O) groups is 2. The fourth-order valence-corrected chi connectivity index (χ4v) is 13.6. The van der Waals surface area contributed by atoms with E-state index in [1.807, 2.05) is 4.90 Å². The number of nitrogens with one attached hydrogen (secondary N) is 1. The number of hydrogen-bond acceptors (Lipinski definition) is 7. The molecule has 0 aromatic rings. The van der Waals surface area contributed by atoms with Gasteiger partial charge in [-0.25, -0.2) is 4.79 Å². The van der Waals surface area contributed by atoms with Crippen LogP contribution in [0, 0.1) is 56.7 Å². The first-order valence-corrected chi connectivity index (χ1v) is 19.8. The van der Waals surface area contributed by atoms with Crippen LogP contribution in [0.4, 0.5) is 4.79 Å². The van der Waals surface area contributed by atoms with Crippen molar-refractivity contribution in [3.05, 3.63) is 0 Å². The summed E-state index contributed by atoms with van der Waals surface area (Å²) >= 11 is 0. The summed E-state index contributed by atoms with van der Waals surface area (Å²) in [6, 6.07) is 0. The number of methoxy groups -OCH3 is 2. The van der Waals surface area contributed by atoms with E-state index in [0.717, 1.165) is 25.7 Å². The highest BCUT2D eigenvalue weighted by Gasteiger charge is 2.83. The molecule has 278 valence electrons. The smallest absolute Gasteiger partial charge is 0.406 e. The van der Waals surface area contributed by atoms with Gasteiger partial charge in [0.2, 0.25) is 5.91 Å². The normalized spacial score (nSPS) is 44.9. The van der Waals surface area contributed by atoms with E-state index in [4.69, 9.17) is 18.9 Å². The molecule has 2 N–H and O–H groups in total. The molecule has 1 heterocycles. The molecule has 6 aliphatic carbocycles. The summed E-state index contributed by atoms with van der Waals surface area (Å²) in [4.78, 5) is 26.5. The van der Waals surface area contributed by atoms with Gasteiger partial charge in [0.1, 0.15) is 0 Å². The van der Waals surface area contributed by atoms with Crippen molar-refractivity contribution in [3.8, 4) is 0 Å². The van der Waals surface area contributed by atoms with Crippen LogP contribution in [-0.4, -0.2) is 87.1 Å². The highest BCUT2D eigenvalue weighted by Crippen LogP contribution is 2.89. The zero-order valence-corrected chi connectivity index (χ0v) is 31.6. The topological polar surface area (TPSA) is 107 Å². The molecular weight excluding hydrogens is 620 g/mol. The molecule has 1 saturated heterocycles. The molecule has 6 saturated carbocycles. The minimum absolute atomic E-state index is 0.0290. The molecule has 10 unspecified atom stereocenters. The molecule has 7 fully saturated rings. The monoisotopic (exact) mass is 686 g/mol. The number of carbonyl (C=O) groups excluding carboxylic acids is 2. The Labute approximate surface area is 295 Å². The second-order valence-electron chi connectivity index (χ2n) is 18.8. The van der Waals surface area contributed by atoms with Crippen LogP contribution in [-0.2, 0) is 23.7 Å². The Balaban J connectivity index is 1.02. The number of morpholine rings is 1. The van der Waals surface area contributed by atoms with Crippen molar-refractivity contribution in [3.63, 3.8) is 0 Å². The fraction of sp³-hybridized carbons (Fsp3) is 0.950. The molecule has 7 rings (SSSR count). The third-order valence-corrected chi connectivity index (χ3v) is 16.6. The van der Waals surface area contributed by atoms with Gasteiger partial charge in [0, 0.05) is 32.0 Å². The summed E-state index contributed by atoms with van der Waals surface area (Å²) in [7, 11) is 3.16. The lowest BCUT2D eigenvalue weighted by molar-refractivity contribution is -0.248. The SMILES string of the molecule is COC(=O)NCCC(C[C@@H](C)C1C[C@H](O)C2(C)C3CCC4C(C)(C)C(OC5CN(C(=O)CC6CC6)CCO5)CCC45CC35CCC12C)OC. The van der Waals surface area contributed by atoms with E-state index in [1.165, 1.54) is 58.5 Å². The molecule has 2 spiro atoms. The number of aliphatic hydroxyl groups excluding tert-OH is 1. The lowest BCUT2D eigenvalue weighted by atomic mass is 9.41. The van der Waals surface area contributed by atoms with Crippen molar-refractivity contribution in [1.82, 2.24) is 10.2 Å². The number of rotatable bonds is 11. The van der Waals surface area contributed by atoms with Gasteiger partial charge >= 0.3 is 6.09 Å². The van der Waals surface area contributed by atoms with Crippen molar-refractivity contribution in [2.45, 2.75) is 143 Å². The van der Waals surface area contributed by atoms with E-state index in [0.29, 0.717) is 73.1 Å². The Morgan fingerprint density at radius 2 is 1.73 bits per heavy atom. The van der Waals surface area contributed by atoms with Crippen LogP contribution in [0.1, 0.15) is 118 Å². The van der Waals surface area contributed by atoms with Crippen molar-refractivity contribution in [1.29, 1.82) is 0 Å². The Hall–Kier alpha value is -1.42. The standard InChI is InChI=1S/C40H66N2O7/c1-25(20-27(46-6)13-17-41-35(45)47-7)28-22-31(43)38(5)30-11-10-29-36(2,3)32(12-14-39(29)24-40(30,39)16-15-37(28,38)4)49-34-23-42(18-19-48-34)33(44)21-26-8-9-26/h25-32,34,43H,8-24H2,1-7H3,(H,41,45)/t25-,27?,28?,29?,30?,31+,32?,34?,37?,38?,39?,40?/m1/s1. The summed E-state index contributed by atoms with van der Waals surface area (Å²) in [5, 5.41) is 14.9. The summed E-state index contributed by atoms with van der Waals surface area (Å²) < 4.78 is 23.6. The van der Waals surface area contributed by atoms with Gasteiger partial charge < -0.3 is 34.3 Å². The van der Waals surface area contributed by atoms with Crippen LogP contribution in [0.25, 0.3) is 0 Å². The summed E-state index contributed by atoms with van der Waals surface area (Å²) in [5.41, 5.74) is 0.685. The lowest BCUT2D eigenvalue weighted by Gasteiger charge is -2.64. The number of alkyl carbamates (subject to hydrolysis) is 1. The molecule has 0 aromatic heterocycles. The number of fused-ring (bicyclic) bond motifs is 2. The van der Waals surface area contributed by atoms with Gasteiger partial charge in [-0.2, -0.15) is 0 Å². The Kier molecular flexibility index (Phi) is 9.47. The zero-order valence-electron chi connectivity index (χ0n) is 31.6. The van der Waals surface area contributed by atoms with Crippen LogP contribution in [0.15, 0.2) is 0 Å². The average Bonchev–Trinajstić information content (AvgIpc) is 4.00. The summed E-state index contributed by atoms with van der Waals surface area (Å²) in [6.07, 6.45) is 13.2. The lowest BCUT2D eigenvalue weighted by Crippen LogP contribution is -2.60. The molecule has 49 heavy (non-hydrogen) atoms. The molecule has 7 aliphatic rings. The van der Waals surface area contributed by atoms with Crippen molar-refractivity contribution in [2.75, 3.05) is 40.5 Å². The highest BCUT2D eigenvalue weighted by molar-refractivity contribution is 5.76. The van der Waals surface area contributed by atoms with Crippen molar-refractivity contribution in [2.24, 2.45) is 56.7 Å². The minimum Gasteiger partial charge on any atom is -0.453 e. The maximum absolute atomic E-state index is 12.9. The van der Waals surface area contributed by atoms with Gasteiger partial charge in [-0.1, -0.05) is 34.6 Å². The van der Waals surface area contributed by atoms with E-state index in [1.54, 1.807) is 7.11 Å². The fourth-order valence-electron chi connectivity index (χ4n) is 13.6. The third kappa shape index (κ3) is 5.69. The van der Waals surface area contributed by atoms with Crippen molar-refractivity contribution < 1.29 is 33.6 Å². The Morgan fingerprint density at radius 1 is 1.00 bits per heavy atom. The summed E-state index contributed by atoms with van der Waals surface area (Å²) in [5.74, 6) is 2.88. The molecule has 1 aliphatic heterocycles. The van der Waals surface area contributed by atoms with Crippen LogP contribution in [0.3, 0.4) is 0 Å². The third-order valence-electron chi connectivity index (χ3n) is 16.6. The van der Waals surface area contributed by atoms with E-state index in [9.17, 15) is 14.7 Å². The van der Waals surface area contributed by atoms with Gasteiger partial charge in [-0.3, -0.25) is 4.79 Å². The number of amides is 2. The molecule has 12 atom stereocenters. The highest BCUT2D eigenvalue weighted by atomic mass is 16.7. The molecular formula is C40H66N2O7. The minimum atomic E-state index is -0.403. The molecule has 9 heteroatoms. The van der Waals surface area contributed by atoms with Crippen LogP contribution >= 0.6 is 0 Å². The first kappa shape index (κ1) is 36.0. The number of hydrogen-bond donors (Lipinski definition) is 2. The van der Waals surface area contributed by atoms with E-state index < -0.39 is 6.09 Å². The summed E-state index contributed by atoms with van der Waals surface area (Å²) in [6.45, 7) is 14.6.